The first-order valence-electron chi connectivity index (χ1n) is 7.89. The number of rotatable bonds is 4. The lowest BCUT2D eigenvalue weighted by atomic mass is 9.85. The van der Waals surface area contributed by atoms with E-state index in [1.165, 1.54) is 27.8 Å². The summed E-state index contributed by atoms with van der Waals surface area (Å²) >= 11 is 0. The molecule has 0 bridgehead atoms. The van der Waals surface area contributed by atoms with Crippen LogP contribution in [0.5, 0.6) is 0 Å². The molecule has 22 heavy (non-hydrogen) atoms. The summed E-state index contributed by atoms with van der Waals surface area (Å²) in [5.41, 5.74) is 6.78. The second-order valence-electron chi connectivity index (χ2n) is 6.06. The van der Waals surface area contributed by atoms with Crippen LogP contribution < -0.4 is 0 Å². The van der Waals surface area contributed by atoms with Gasteiger partial charge in [0.05, 0.1) is 0 Å². The minimum Gasteiger partial charge on any atom is -0.0622 e. The Bertz CT molecular complexity index is 661. The molecule has 0 heterocycles. The molecule has 0 unspecified atom stereocenters. The molecular formula is C22H22. The maximum Gasteiger partial charge on any atom is 0.0130 e. The molecule has 0 saturated heterocycles. The van der Waals surface area contributed by atoms with Gasteiger partial charge in [0.2, 0.25) is 0 Å². The van der Waals surface area contributed by atoms with Crippen molar-refractivity contribution in [3.05, 3.63) is 107 Å². The molecule has 0 fully saturated rings. The van der Waals surface area contributed by atoms with E-state index < -0.39 is 0 Å². The number of benzene rings is 3. The summed E-state index contributed by atoms with van der Waals surface area (Å²) in [6, 6.07) is 28.7. The van der Waals surface area contributed by atoms with Crippen LogP contribution in [0.2, 0.25) is 0 Å². The molecule has 0 saturated carbocycles. The van der Waals surface area contributed by atoms with Crippen LogP contribution in [0.1, 0.15) is 33.7 Å². The quantitative estimate of drug-likeness (QED) is 0.579. The molecular weight excluding hydrogens is 264 g/mol. The molecule has 0 aromatic heterocycles. The molecule has 0 N–H and O–H groups in total. The van der Waals surface area contributed by atoms with Crippen LogP contribution in [0, 0.1) is 13.8 Å². The van der Waals surface area contributed by atoms with Crippen LogP contribution in [-0.4, -0.2) is 0 Å². The van der Waals surface area contributed by atoms with E-state index in [0.29, 0.717) is 5.92 Å². The van der Waals surface area contributed by atoms with E-state index in [1.807, 2.05) is 0 Å². The van der Waals surface area contributed by atoms with Crippen LogP contribution in [0.15, 0.2) is 78.9 Å². The van der Waals surface area contributed by atoms with Gasteiger partial charge in [-0.25, -0.2) is 0 Å². The lowest BCUT2D eigenvalue weighted by molar-refractivity contribution is 0.804. The second kappa shape index (κ2) is 6.62. The topological polar surface area (TPSA) is 0 Å². The van der Waals surface area contributed by atoms with E-state index in [4.69, 9.17) is 0 Å². The lowest BCUT2D eigenvalue weighted by Gasteiger charge is -2.19. The first kappa shape index (κ1) is 14.6. The van der Waals surface area contributed by atoms with Crippen LogP contribution in [0.3, 0.4) is 0 Å². The Kier molecular flexibility index (Phi) is 4.39. The lowest BCUT2D eigenvalue weighted by Crippen LogP contribution is -2.05. The molecule has 3 aromatic carbocycles. The Hall–Kier alpha value is -2.34. The minimum absolute atomic E-state index is 0.406. The van der Waals surface area contributed by atoms with Gasteiger partial charge >= 0.3 is 0 Å². The van der Waals surface area contributed by atoms with Crippen LogP contribution in [0.4, 0.5) is 0 Å². The predicted molar refractivity (Wildman–Crippen MR) is 94.3 cm³/mol. The third-order valence-corrected chi connectivity index (χ3v) is 4.24. The Morgan fingerprint density at radius 1 is 0.591 bits per heavy atom. The molecule has 3 aromatic rings. The molecule has 0 nitrogen and oxygen atoms in total. The highest BCUT2D eigenvalue weighted by molar-refractivity contribution is 5.37. The summed E-state index contributed by atoms with van der Waals surface area (Å²) < 4.78 is 0. The fourth-order valence-corrected chi connectivity index (χ4v) is 2.88. The largest absolute Gasteiger partial charge is 0.0622 e. The van der Waals surface area contributed by atoms with Gasteiger partial charge in [-0.15, -0.1) is 0 Å². The maximum absolute atomic E-state index is 2.27. The first-order chi connectivity index (χ1) is 10.7. The van der Waals surface area contributed by atoms with Crippen molar-refractivity contribution in [2.24, 2.45) is 0 Å². The molecule has 0 aliphatic heterocycles. The molecule has 0 aliphatic rings. The Labute approximate surface area is 133 Å². The van der Waals surface area contributed by atoms with Crippen LogP contribution in [-0.2, 0) is 6.42 Å². The van der Waals surface area contributed by atoms with E-state index >= 15 is 0 Å². The van der Waals surface area contributed by atoms with Gasteiger partial charge in [-0.1, -0.05) is 90.0 Å². The van der Waals surface area contributed by atoms with Crippen molar-refractivity contribution < 1.29 is 0 Å². The van der Waals surface area contributed by atoms with Crippen molar-refractivity contribution >= 4 is 0 Å². The van der Waals surface area contributed by atoms with Crippen LogP contribution >= 0.6 is 0 Å². The van der Waals surface area contributed by atoms with Gasteiger partial charge in [-0.05, 0) is 37.0 Å². The van der Waals surface area contributed by atoms with Crippen molar-refractivity contribution in [2.45, 2.75) is 26.2 Å². The molecule has 0 heteroatoms. The fraction of sp³-hybridized carbons (Fsp3) is 0.182. The summed E-state index contributed by atoms with van der Waals surface area (Å²) in [6.45, 7) is 4.28. The van der Waals surface area contributed by atoms with Crippen molar-refractivity contribution in [1.82, 2.24) is 0 Å². The third kappa shape index (κ3) is 3.46. The highest BCUT2D eigenvalue weighted by Crippen LogP contribution is 2.29. The van der Waals surface area contributed by atoms with Crippen molar-refractivity contribution in [2.75, 3.05) is 0 Å². The van der Waals surface area contributed by atoms with Gasteiger partial charge in [0.15, 0.2) is 0 Å². The SMILES string of the molecule is Cc1ccc(C(Cc2ccccc2)c2ccc(C)cc2)cc1. The van der Waals surface area contributed by atoms with Crippen molar-refractivity contribution in [3.63, 3.8) is 0 Å². The summed E-state index contributed by atoms with van der Waals surface area (Å²) in [6.07, 6.45) is 1.03. The summed E-state index contributed by atoms with van der Waals surface area (Å²) in [7, 11) is 0. The number of hydrogen-bond acceptors (Lipinski definition) is 0. The maximum atomic E-state index is 2.27. The van der Waals surface area contributed by atoms with E-state index in [9.17, 15) is 0 Å². The zero-order valence-electron chi connectivity index (χ0n) is 13.3. The van der Waals surface area contributed by atoms with E-state index in [2.05, 4.69) is 92.7 Å². The van der Waals surface area contributed by atoms with E-state index in [-0.39, 0.29) is 0 Å². The van der Waals surface area contributed by atoms with Crippen molar-refractivity contribution in [1.29, 1.82) is 0 Å². The average Bonchev–Trinajstić information content (AvgIpc) is 2.56. The first-order valence-corrected chi connectivity index (χ1v) is 7.89. The zero-order chi connectivity index (χ0) is 15.4. The van der Waals surface area contributed by atoms with E-state index in [0.717, 1.165) is 6.42 Å². The molecule has 0 atom stereocenters. The summed E-state index contributed by atoms with van der Waals surface area (Å²) in [4.78, 5) is 0. The van der Waals surface area contributed by atoms with Gasteiger partial charge in [0.25, 0.3) is 0 Å². The van der Waals surface area contributed by atoms with Gasteiger partial charge < -0.3 is 0 Å². The molecule has 0 radical (unpaired) electrons. The fourth-order valence-electron chi connectivity index (χ4n) is 2.88. The van der Waals surface area contributed by atoms with Gasteiger partial charge in [-0.2, -0.15) is 0 Å². The Balaban J connectivity index is 1.97. The second-order valence-corrected chi connectivity index (χ2v) is 6.06. The monoisotopic (exact) mass is 286 g/mol. The van der Waals surface area contributed by atoms with Crippen molar-refractivity contribution in [3.8, 4) is 0 Å². The smallest absolute Gasteiger partial charge is 0.0130 e. The minimum atomic E-state index is 0.406. The highest BCUT2D eigenvalue weighted by Gasteiger charge is 2.14. The normalized spacial score (nSPS) is 10.9. The molecule has 0 spiro atoms. The van der Waals surface area contributed by atoms with E-state index in [1.54, 1.807) is 0 Å². The molecule has 3 rings (SSSR count). The zero-order valence-corrected chi connectivity index (χ0v) is 13.3. The molecule has 110 valence electrons. The summed E-state index contributed by atoms with van der Waals surface area (Å²) in [5.74, 6) is 0.406. The number of hydrogen-bond donors (Lipinski definition) is 0. The average molecular weight is 286 g/mol. The van der Waals surface area contributed by atoms with Gasteiger partial charge in [0.1, 0.15) is 0 Å². The van der Waals surface area contributed by atoms with Gasteiger partial charge in [0, 0.05) is 5.92 Å². The molecule has 0 aliphatic carbocycles. The number of aryl methyl sites for hydroxylation is 2. The Morgan fingerprint density at radius 3 is 1.50 bits per heavy atom. The van der Waals surface area contributed by atoms with Gasteiger partial charge in [-0.3, -0.25) is 0 Å². The summed E-state index contributed by atoms with van der Waals surface area (Å²) in [5, 5.41) is 0. The molecule has 0 amide bonds. The Morgan fingerprint density at radius 2 is 1.05 bits per heavy atom. The highest BCUT2D eigenvalue weighted by atomic mass is 14.2. The standard InChI is InChI=1S/C22H22/c1-17-8-12-20(13-9-17)22(16-19-6-4-3-5-7-19)21-14-10-18(2)11-15-21/h3-15,22H,16H2,1-2H3. The van der Waals surface area contributed by atoms with Crippen LogP contribution in [0.25, 0.3) is 0 Å². The predicted octanol–water partition coefficient (Wildman–Crippen LogP) is 5.68. The third-order valence-electron chi connectivity index (χ3n) is 4.24.